The van der Waals surface area contributed by atoms with E-state index in [1.807, 2.05) is 0 Å². The molecule has 1 aromatic carbocycles. The smallest absolute Gasteiger partial charge is 0.380 e. The fraction of sp³-hybridized carbons (Fsp3) is 0.417. The second kappa shape index (κ2) is 5.58. The third kappa shape index (κ3) is 3.61. The van der Waals surface area contributed by atoms with Gasteiger partial charge in [0.05, 0.1) is 10.5 Å². The van der Waals surface area contributed by atoms with Crippen LogP contribution in [-0.4, -0.2) is 23.4 Å². The first-order chi connectivity index (χ1) is 9.77. The lowest BCUT2D eigenvalue weighted by atomic mass is 10.0. The van der Waals surface area contributed by atoms with Crippen LogP contribution in [0.1, 0.15) is 18.4 Å². The molecule has 21 heavy (non-hydrogen) atoms. The predicted molar refractivity (Wildman–Crippen MR) is 67.8 cm³/mol. The van der Waals surface area contributed by atoms with Crippen molar-refractivity contribution in [3.8, 4) is 0 Å². The van der Waals surface area contributed by atoms with Gasteiger partial charge in [-0.05, 0) is 12.5 Å². The molecule has 1 amide bonds. The second-order valence-electron chi connectivity index (χ2n) is 4.67. The Morgan fingerprint density at radius 1 is 1.38 bits per heavy atom. The molecule has 1 saturated heterocycles. The lowest BCUT2D eigenvalue weighted by Gasteiger charge is -2.26. The summed E-state index contributed by atoms with van der Waals surface area (Å²) >= 11 is 0. The molecule has 1 aliphatic rings. The zero-order valence-corrected chi connectivity index (χ0v) is 10.7. The van der Waals surface area contributed by atoms with Crippen LogP contribution in [0.25, 0.3) is 0 Å². The Balaban J connectivity index is 2.26. The zero-order chi connectivity index (χ0) is 15.6. The van der Waals surface area contributed by atoms with Gasteiger partial charge in [0.2, 0.25) is 5.91 Å². The average molecular weight is 303 g/mol. The monoisotopic (exact) mass is 303 g/mol. The molecule has 9 heteroatoms. The molecule has 1 aliphatic heterocycles. The van der Waals surface area contributed by atoms with Gasteiger partial charge in [0, 0.05) is 36.8 Å². The zero-order valence-electron chi connectivity index (χ0n) is 10.7. The quantitative estimate of drug-likeness (QED) is 0.663. The summed E-state index contributed by atoms with van der Waals surface area (Å²) in [6.07, 6.45) is -4.07. The number of non-ortho nitro benzene ring substituents is 1. The summed E-state index contributed by atoms with van der Waals surface area (Å²) in [5.74, 6) is -0.146. The number of carbonyl (C=O) groups excluding carboxylic acids is 1. The molecule has 2 N–H and O–H groups in total. The summed E-state index contributed by atoms with van der Waals surface area (Å²) in [6, 6.07) is 2.21. The molecule has 6 nitrogen and oxygen atoms in total. The van der Waals surface area contributed by atoms with Gasteiger partial charge in [-0.2, -0.15) is 13.2 Å². The van der Waals surface area contributed by atoms with Gasteiger partial charge in [0.1, 0.15) is 0 Å². The first-order valence-electron chi connectivity index (χ1n) is 6.16. The summed E-state index contributed by atoms with van der Waals surface area (Å²) in [5.41, 5.74) is -1.94. The molecule has 1 fully saturated rings. The second-order valence-corrected chi connectivity index (χ2v) is 4.67. The number of hydrogen-bond acceptors (Lipinski definition) is 4. The molecule has 0 spiro atoms. The Bertz CT molecular complexity index is 565. The Morgan fingerprint density at radius 2 is 2.10 bits per heavy atom. The molecule has 0 bridgehead atoms. The van der Waals surface area contributed by atoms with Gasteiger partial charge in [-0.15, -0.1) is 0 Å². The lowest BCUT2D eigenvalue weighted by Crippen LogP contribution is -2.42. The van der Waals surface area contributed by atoms with Crippen molar-refractivity contribution in [2.24, 2.45) is 0 Å². The van der Waals surface area contributed by atoms with E-state index in [4.69, 9.17) is 0 Å². The fourth-order valence-electron chi connectivity index (χ4n) is 2.08. The number of hydrogen-bond donors (Lipinski definition) is 2. The van der Waals surface area contributed by atoms with Gasteiger partial charge in [0.15, 0.2) is 0 Å². The maximum absolute atomic E-state index is 13.0. The summed E-state index contributed by atoms with van der Waals surface area (Å²) in [4.78, 5) is 20.7. The van der Waals surface area contributed by atoms with Crippen LogP contribution in [-0.2, 0) is 11.0 Å². The molecular weight excluding hydrogens is 291 g/mol. The highest BCUT2D eigenvalue weighted by Crippen LogP contribution is 2.37. The molecule has 0 aromatic heterocycles. The molecule has 0 aliphatic carbocycles. The number of piperidine rings is 1. The third-order valence-corrected chi connectivity index (χ3v) is 3.14. The topological polar surface area (TPSA) is 84.3 Å². The Labute approximate surface area is 117 Å². The van der Waals surface area contributed by atoms with Crippen LogP contribution in [0.2, 0.25) is 0 Å². The van der Waals surface area contributed by atoms with Gasteiger partial charge in [-0.1, -0.05) is 0 Å². The lowest BCUT2D eigenvalue weighted by molar-refractivity contribution is -0.385. The van der Waals surface area contributed by atoms with Crippen molar-refractivity contribution in [3.63, 3.8) is 0 Å². The molecule has 2 rings (SSSR count). The average Bonchev–Trinajstić information content (AvgIpc) is 2.40. The number of rotatable bonds is 3. The minimum atomic E-state index is -4.70. The molecule has 0 saturated carbocycles. The van der Waals surface area contributed by atoms with Crippen LogP contribution < -0.4 is 10.6 Å². The van der Waals surface area contributed by atoms with Gasteiger partial charge < -0.3 is 10.6 Å². The van der Waals surface area contributed by atoms with E-state index in [9.17, 15) is 28.1 Å². The molecule has 114 valence electrons. The van der Waals surface area contributed by atoms with Crippen molar-refractivity contribution in [2.45, 2.75) is 25.1 Å². The van der Waals surface area contributed by atoms with Crippen LogP contribution in [0.15, 0.2) is 18.2 Å². The minimum absolute atomic E-state index is 0.146. The first-order valence-corrected chi connectivity index (χ1v) is 6.16. The molecule has 1 atom stereocenters. The highest BCUT2D eigenvalue weighted by atomic mass is 19.4. The van der Waals surface area contributed by atoms with E-state index in [1.54, 1.807) is 0 Å². The number of amides is 1. The summed E-state index contributed by atoms with van der Waals surface area (Å²) in [7, 11) is 0. The van der Waals surface area contributed by atoms with Crippen LogP contribution in [0, 0.1) is 10.1 Å². The number of carbonyl (C=O) groups is 1. The standard InChI is InChI=1S/C12H12F3N3O3/c13-12(14,15)9-5-8(18(20)21)2-3-10(9)17-7-1-4-11(19)16-6-7/h2-3,5,7,17H,1,4,6H2,(H,16,19). The Morgan fingerprint density at radius 3 is 2.62 bits per heavy atom. The summed E-state index contributed by atoms with van der Waals surface area (Å²) < 4.78 is 38.9. The number of nitro benzene ring substituents is 1. The number of halogens is 3. The van der Waals surface area contributed by atoms with Gasteiger partial charge in [-0.25, -0.2) is 0 Å². The van der Waals surface area contributed by atoms with E-state index in [2.05, 4.69) is 10.6 Å². The number of benzene rings is 1. The van der Waals surface area contributed by atoms with E-state index < -0.39 is 22.4 Å². The van der Waals surface area contributed by atoms with Crippen molar-refractivity contribution in [2.75, 3.05) is 11.9 Å². The molecule has 1 aromatic rings. The normalized spacial score (nSPS) is 19.0. The molecule has 1 unspecified atom stereocenters. The number of nitrogens with one attached hydrogen (secondary N) is 2. The van der Waals surface area contributed by atoms with Crippen molar-refractivity contribution >= 4 is 17.3 Å². The SMILES string of the molecule is O=C1CCC(Nc2ccc([N+](=O)[O-])cc2C(F)(F)F)CN1. The molecular formula is C12H12F3N3O3. The summed E-state index contributed by atoms with van der Waals surface area (Å²) in [5, 5.41) is 15.8. The number of anilines is 1. The summed E-state index contributed by atoms with van der Waals surface area (Å²) in [6.45, 7) is 0.215. The van der Waals surface area contributed by atoms with E-state index in [0.717, 1.165) is 12.1 Å². The van der Waals surface area contributed by atoms with E-state index in [-0.39, 0.29) is 30.6 Å². The maximum atomic E-state index is 13.0. The van der Waals surface area contributed by atoms with Crippen LogP contribution in [0.5, 0.6) is 0 Å². The number of alkyl halides is 3. The minimum Gasteiger partial charge on any atom is -0.380 e. The first kappa shape index (κ1) is 15.1. The van der Waals surface area contributed by atoms with Crippen LogP contribution in [0.3, 0.4) is 0 Å². The van der Waals surface area contributed by atoms with E-state index >= 15 is 0 Å². The highest BCUT2D eigenvalue weighted by molar-refractivity contribution is 5.77. The van der Waals surface area contributed by atoms with Crippen LogP contribution in [0.4, 0.5) is 24.5 Å². The van der Waals surface area contributed by atoms with E-state index in [0.29, 0.717) is 12.5 Å². The van der Waals surface area contributed by atoms with E-state index in [1.165, 1.54) is 0 Å². The van der Waals surface area contributed by atoms with Crippen molar-refractivity contribution in [1.29, 1.82) is 0 Å². The largest absolute Gasteiger partial charge is 0.418 e. The van der Waals surface area contributed by atoms with Crippen molar-refractivity contribution in [3.05, 3.63) is 33.9 Å². The van der Waals surface area contributed by atoms with Gasteiger partial charge in [-0.3, -0.25) is 14.9 Å². The fourth-order valence-corrected chi connectivity index (χ4v) is 2.08. The molecule has 0 radical (unpaired) electrons. The highest BCUT2D eigenvalue weighted by Gasteiger charge is 2.36. The Hall–Kier alpha value is -2.32. The molecule has 1 heterocycles. The maximum Gasteiger partial charge on any atom is 0.418 e. The van der Waals surface area contributed by atoms with Gasteiger partial charge in [0.25, 0.3) is 5.69 Å². The van der Waals surface area contributed by atoms with Gasteiger partial charge >= 0.3 is 6.18 Å². The van der Waals surface area contributed by atoms with Crippen LogP contribution >= 0.6 is 0 Å². The predicted octanol–water partition coefficient (Wildman–Crippen LogP) is 2.30. The number of nitro groups is 1. The third-order valence-electron chi connectivity index (χ3n) is 3.14. The van der Waals surface area contributed by atoms with Crippen molar-refractivity contribution < 1.29 is 22.9 Å². The number of nitrogens with zero attached hydrogens (tertiary/aromatic N) is 1. The Kier molecular flexibility index (Phi) is 4.01. The van der Waals surface area contributed by atoms with Crippen molar-refractivity contribution in [1.82, 2.24) is 5.32 Å².